The van der Waals surface area contributed by atoms with Gasteiger partial charge in [-0.3, -0.25) is 37.3 Å². The highest BCUT2D eigenvalue weighted by molar-refractivity contribution is 7.47. The Hall–Kier alpha value is -1.94. The van der Waals surface area contributed by atoms with Gasteiger partial charge >= 0.3 is 39.5 Å². The van der Waals surface area contributed by atoms with E-state index in [-0.39, 0.29) is 25.7 Å². The van der Waals surface area contributed by atoms with Crippen LogP contribution in [0.5, 0.6) is 0 Å². The van der Waals surface area contributed by atoms with Crippen molar-refractivity contribution in [3.05, 3.63) is 0 Å². The Morgan fingerprint density at radius 3 is 0.717 bits per heavy atom. The number of carbonyl (C=O) groups is 4. The molecule has 5 unspecified atom stereocenters. The molecule has 0 bridgehead atoms. The SMILES string of the molecule is CCC(C)CCCCCCCCCCCCCCCCCCCCC(=O)O[C@H](COC(=O)CCCCCCCCCC(C)C)COP(=O)(O)OCC(O)COP(=O)(O)OC[C@@H](COC(=O)CCCCCCCCCCCCC(C)CC)OC(=O)CCCCCCCCCCCCC(C)C. The number of carbonyl (C=O) groups excluding carboxylic acids is 4. The van der Waals surface area contributed by atoms with Crippen LogP contribution < -0.4 is 0 Å². The Morgan fingerprint density at radius 2 is 0.485 bits per heavy atom. The van der Waals surface area contributed by atoms with Crippen LogP contribution in [0, 0.1) is 23.7 Å². The van der Waals surface area contributed by atoms with Crippen molar-refractivity contribution in [1.82, 2.24) is 0 Å². The Balaban J connectivity index is 5.19. The third kappa shape index (κ3) is 71.5. The van der Waals surface area contributed by atoms with E-state index < -0.39 is 97.5 Å². The molecular formula is C80H156O17P2. The van der Waals surface area contributed by atoms with Crippen LogP contribution >= 0.6 is 15.6 Å². The molecule has 99 heavy (non-hydrogen) atoms. The van der Waals surface area contributed by atoms with Gasteiger partial charge < -0.3 is 33.8 Å². The molecule has 0 aliphatic carbocycles. The van der Waals surface area contributed by atoms with Crippen molar-refractivity contribution in [2.45, 2.75) is 427 Å². The summed E-state index contributed by atoms with van der Waals surface area (Å²) in [7, 11) is -9.92. The Bertz CT molecular complexity index is 1940. The molecule has 0 aliphatic heterocycles. The predicted octanol–water partition coefficient (Wildman–Crippen LogP) is 23.6. The highest BCUT2D eigenvalue weighted by atomic mass is 31.2. The molecule has 588 valence electrons. The van der Waals surface area contributed by atoms with Gasteiger partial charge in [-0.15, -0.1) is 0 Å². The lowest BCUT2D eigenvalue weighted by molar-refractivity contribution is -0.161. The van der Waals surface area contributed by atoms with E-state index in [0.29, 0.717) is 31.6 Å². The molecule has 0 aromatic heterocycles. The van der Waals surface area contributed by atoms with E-state index in [0.717, 1.165) is 114 Å². The van der Waals surface area contributed by atoms with Crippen LogP contribution in [0.1, 0.15) is 409 Å². The number of aliphatic hydroxyl groups is 1. The van der Waals surface area contributed by atoms with Crippen LogP contribution in [0.25, 0.3) is 0 Å². The minimum absolute atomic E-state index is 0.105. The maximum atomic E-state index is 13.1. The summed E-state index contributed by atoms with van der Waals surface area (Å²) >= 11 is 0. The number of ether oxygens (including phenoxy) is 4. The Kier molecular flexibility index (Phi) is 67.8. The number of unbranched alkanes of at least 4 members (excludes halogenated alkanes) is 41. The summed E-state index contributed by atoms with van der Waals surface area (Å²) in [5.41, 5.74) is 0. The third-order valence-corrected chi connectivity index (χ3v) is 21.2. The molecule has 0 aromatic carbocycles. The van der Waals surface area contributed by atoms with Crippen LogP contribution in [0.15, 0.2) is 0 Å². The van der Waals surface area contributed by atoms with Crippen molar-refractivity contribution in [3.63, 3.8) is 0 Å². The Labute approximate surface area is 607 Å². The van der Waals surface area contributed by atoms with Gasteiger partial charge in [0, 0.05) is 25.7 Å². The first-order valence-electron chi connectivity index (χ1n) is 41.3. The molecular weight excluding hydrogens is 1290 g/mol. The summed E-state index contributed by atoms with van der Waals surface area (Å²) in [6, 6.07) is 0. The molecule has 0 aromatic rings. The predicted molar refractivity (Wildman–Crippen MR) is 404 cm³/mol. The highest BCUT2D eigenvalue weighted by Gasteiger charge is 2.30. The Morgan fingerprint density at radius 1 is 0.283 bits per heavy atom. The van der Waals surface area contributed by atoms with E-state index >= 15 is 0 Å². The van der Waals surface area contributed by atoms with Crippen LogP contribution in [0.4, 0.5) is 0 Å². The molecule has 0 amide bonds. The van der Waals surface area contributed by atoms with Crippen LogP contribution in [-0.4, -0.2) is 96.7 Å². The summed E-state index contributed by atoms with van der Waals surface area (Å²) in [5, 5.41) is 10.6. The summed E-state index contributed by atoms with van der Waals surface area (Å²) in [5.74, 6) is 1.02. The van der Waals surface area contributed by atoms with E-state index in [2.05, 4.69) is 55.4 Å². The van der Waals surface area contributed by atoms with Gasteiger partial charge in [-0.25, -0.2) is 9.13 Å². The molecule has 0 heterocycles. The number of phosphoric acid groups is 2. The molecule has 17 nitrogen and oxygen atoms in total. The first kappa shape index (κ1) is 97.1. The van der Waals surface area contributed by atoms with Crippen LogP contribution in [0.3, 0.4) is 0 Å². The molecule has 0 fully saturated rings. The van der Waals surface area contributed by atoms with Crippen molar-refractivity contribution < 1.29 is 80.2 Å². The average Bonchev–Trinajstić information content (AvgIpc) is 1.06. The maximum Gasteiger partial charge on any atom is 0.472 e. The molecule has 0 radical (unpaired) electrons. The largest absolute Gasteiger partial charge is 0.472 e. The first-order valence-corrected chi connectivity index (χ1v) is 44.3. The van der Waals surface area contributed by atoms with Gasteiger partial charge in [-0.1, -0.05) is 357 Å². The van der Waals surface area contributed by atoms with Crippen molar-refractivity contribution in [2.24, 2.45) is 23.7 Å². The standard InChI is InChI=1S/C80H156O17P2/c1-9-72(7)58-50-42-34-26-19-17-15-13-11-12-14-16-18-20-29-37-46-54-62-79(84)97-76(67-91-78(83)61-53-45-39-31-33-41-49-57-71(5)6)69-95-99(88,89)93-65-74(81)64-92-98(86,87)94-68-75(96-80(85)63-55-47-38-30-23-21-25-32-40-48-56-70(3)4)66-90-77(82)60-52-44-36-28-24-22-27-35-43-51-59-73(8)10-2/h70-76,81H,9-69H2,1-8H3,(H,86,87)(H,88,89)/t72?,73?,74?,75-,76-/m1/s1. The normalized spacial score (nSPS) is 14.6. The summed E-state index contributed by atoms with van der Waals surface area (Å²) in [4.78, 5) is 72.9. The van der Waals surface area contributed by atoms with E-state index in [1.165, 1.54) is 205 Å². The number of rotatable bonds is 77. The highest BCUT2D eigenvalue weighted by Crippen LogP contribution is 2.45. The van der Waals surface area contributed by atoms with Crippen molar-refractivity contribution in [1.29, 1.82) is 0 Å². The zero-order valence-electron chi connectivity index (χ0n) is 65.1. The fraction of sp³-hybridized carbons (Fsp3) is 0.950. The van der Waals surface area contributed by atoms with Gasteiger partial charge in [0.2, 0.25) is 0 Å². The van der Waals surface area contributed by atoms with E-state index in [9.17, 15) is 43.2 Å². The van der Waals surface area contributed by atoms with Crippen LogP contribution in [-0.2, 0) is 65.4 Å². The van der Waals surface area contributed by atoms with Gasteiger partial charge in [0.05, 0.1) is 26.4 Å². The molecule has 7 atom stereocenters. The van der Waals surface area contributed by atoms with E-state index in [1.54, 1.807) is 0 Å². The second-order valence-electron chi connectivity index (χ2n) is 30.2. The second kappa shape index (κ2) is 69.1. The lowest BCUT2D eigenvalue weighted by Gasteiger charge is -2.21. The van der Waals surface area contributed by atoms with E-state index in [1.807, 2.05) is 0 Å². The van der Waals surface area contributed by atoms with Gasteiger partial charge in [-0.2, -0.15) is 0 Å². The van der Waals surface area contributed by atoms with Crippen molar-refractivity contribution >= 4 is 39.5 Å². The quantitative estimate of drug-likeness (QED) is 0.0222. The lowest BCUT2D eigenvalue weighted by atomic mass is 9.99. The smallest absolute Gasteiger partial charge is 0.462 e. The molecule has 19 heteroatoms. The van der Waals surface area contributed by atoms with Gasteiger partial charge in [-0.05, 0) is 49.4 Å². The number of aliphatic hydroxyl groups excluding tert-OH is 1. The minimum Gasteiger partial charge on any atom is -0.462 e. The molecule has 0 aliphatic rings. The number of hydrogen-bond acceptors (Lipinski definition) is 15. The molecule has 0 rings (SSSR count). The summed E-state index contributed by atoms with van der Waals surface area (Å²) in [6.07, 6.45) is 55.5. The topological polar surface area (TPSA) is 237 Å². The number of phosphoric ester groups is 2. The molecule has 0 spiro atoms. The van der Waals surface area contributed by atoms with Gasteiger partial charge in [0.1, 0.15) is 19.3 Å². The fourth-order valence-electron chi connectivity index (χ4n) is 12.2. The summed E-state index contributed by atoms with van der Waals surface area (Å²) in [6.45, 7) is 14.3. The number of hydrogen-bond donors (Lipinski definition) is 3. The zero-order chi connectivity index (χ0) is 73.1. The lowest BCUT2D eigenvalue weighted by Crippen LogP contribution is -2.30. The molecule has 0 saturated carbocycles. The monoisotopic (exact) mass is 1450 g/mol. The van der Waals surface area contributed by atoms with Gasteiger partial charge in [0.25, 0.3) is 0 Å². The maximum absolute atomic E-state index is 13.1. The van der Waals surface area contributed by atoms with Crippen molar-refractivity contribution in [3.8, 4) is 0 Å². The molecule has 0 saturated heterocycles. The first-order chi connectivity index (χ1) is 47.7. The molecule has 3 N–H and O–H groups in total. The third-order valence-electron chi connectivity index (χ3n) is 19.3. The van der Waals surface area contributed by atoms with Crippen LogP contribution in [0.2, 0.25) is 0 Å². The van der Waals surface area contributed by atoms with E-state index in [4.69, 9.17) is 37.0 Å². The zero-order valence-corrected chi connectivity index (χ0v) is 66.9. The minimum atomic E-state index is -4.96. The number of esters is 4. The van der Waals surface area contributed by atoms with Gasteiger partial charge in [0.15, 0.2) is 12.2 Å². The van der Waals surface area contributed by atoms with Crippen molar-refractivity contribution in [2.75, 3.05) is 39.6 Å². The fourth-order valence-corrected chi connectivity index (χ4v) is 13.8. The summed E-state index contributed by atoms with van der Waals surface area (Å²) < 4.78 is 68.6. The average molecular weight is 1450 g/mol. The second-order valence-corrected chi connectivity index (χ2v) is 33.1.